The zero-order chi connectivity index (χ0) is 14.6. The van der Waals surface area contributed by atoms with E-state index in [9.17, 15) is 0 Å². The molecule has 20 heavy (non-hydrogen) atoms. The Balaban J connectivity index is 2.13. The largest absolute Gasteiger partial charge is 0.493 e. The van der Waals surface area contributed by atoms with E-state index in [4.69, 9.17) is 32.1 Å². The Labute approximate surface area is 124 Å². The fraction of sp³-hybridized carbons (Fsp3) is 0.533. The molecule has 0 aliphatic heterocycles. The zero-order valence-corrected chi connectivity index (χ0v) is 12.4. The number of nitriles is 1. The highest BCUT2D eigenvalue weighted by molar-refractivity contribution is 6.32. The topological polar surface area (TPSA) is 68.3 Å². The molecule has 0 heterocycles. The minimum absolute atomic E-state index is 0.0129. The normalized spacial score (nSPS) is 15.5. The van der Waals surface area contributed by atoms with Crippen LogP contribution in [0.15, 0.2) is 12.1 Å². The summed E-state index contributed by atoms with van der Waals surface area (Å²) in [5.41, 5.74) is 6.59. The molecular weight excluding hydrogens is 276 g/mol. The van der Waals surface area contributed by atoms with Gasteiger partial charge in [-0.15, -0.1) is 0 Å². The van der Waals surface area contributed by atoms with E-state index < -0.39 is 0 Å². The van der Waals surface area contributed by atoms with Crippen molar-refractivity contribution in [3.05, 3.63) is 22.7 Å². The lowest BCUT2D eigenvalue weighted by Gasteiger charge is -2.17. The van der Waals surface area contributed by atoms with E-state index >= 15 is 0 Å². The van der Waals surface area contributed by atoms with Crippen LogP contribution in [-0.2, 0) is 6.42 Å². The summed E-state index contributed by atoms with van der Waals surface area (Å²) >= 11 is 6.26. The first-order valence-electron chi connectivity index (χ1n) is 6.70. The number of ether oxygens (including phenoxy) is 2. The van der Waals surface area contributed by atoms with Gasteiger partial charge >= 0.3 is 0 Å². The first-order chi connectivity index (χ1) is 9.64. The molecule has 2 N–H and O–H groups in total. The molecule has 0 spiro atoms. The monoisotopic (exact) mass is 294 g/mol. The van der Waals surface area contributed by atoms with Crippen LogP contribution in [0.4, 0.5) is 0 Å². The number of nitrogens with two attached hydrogens (primary N) is 1. The lowest BCUT2D eigenvalue weighted by Crippen LogP contribution is -2.13. The lowest BCUT2D eigenvalue weighted by molar-refractivity contribution is 0.227. The molecule has 1 aromatic carbocycles. The highest BCUT2D eigenvalue weighted by Gasteiger charge is 2.43. The highest BCUT2D eigenvalue weighted by atomic mass is 35.5. The first kappa shape index (κ1) is 15.0. The SMILES string of the molecule is COc1cc(CCN)cc(Cl)c1OCC1(CC#N)CC1. The zero-order valence-electron chi connectivity index (χ0n) is 11.6. The quantitative estimate of drug-likeness (QED) is 0.839. The molecule has 1 aliphatic carbocycles. The third-order valence-corrected chi connectivity index (χ3v) is 3.94. The molecule has 1 fully saturated rings. The fourth-order valence-corrected chi connectivity index (χ4v) is 2.45. The molecule has 108 valence electrons. The molecule has 0 saturated heterocycles. The fourth-order valence-electron chi connectivity index (χ4n) is 2.17. The van der Waals surface area contributed by atoms with Crippen molar-refractivity contribution >= 4 is 11.6 Å². The molecule has 0 unspecified atom stereocenters. The third kappa shape index (κ3) is 3.36. The van der Waals surface area contributed by atoms with Gasteiger partial charge in [-0.2, -0.15) is 5.26 Å². The van der Waals surface area contributed by atoms with Crippen LogP contribution < -0.4 is 15.2 Å². The van der Waals surface area contributed by atoms with E-state index in [1.165, 1.54) is 0 Å². The molecule has 0 radical (unpaired) electrons. The van der Waals surface area contributed by atoms with Crippen molar-refractivity contribution in [2.24, 2.45) is 11.1 Å². The molecule has 1 aliphatic rings. The lowest BCUT2D eigenvalue weighted by atomic mass is 10.1. The van der Waals surface area contributed by atoms with Gasteiger partial charge in [0.15, 0.2) is 11.5 Å². The van der Waals surface area contributed by atoms with Crippen LogP contribution >= 0.6 is 11.6 Å². The van der Waals surface area contributed by atoms with Gasteiger partial charge in [0.25, 0.3) is 0 Å². The van der Waals surface area contributed by atoms with Gasteiger partial charge in [-0.05, 0) is 43.5 Å². The Hall–Kier alpha value is -1.44. The van der Waals surface area contributed by atoms with Crippen molar-refractivity contribution in [1.29, 1.82) is 5.26 Å². The van der Waals surface area contributed by atoms with Crippen LogP contribution in [0, 0.1) is 16.7 Å². The minimum Gasteiger partial charge on any atom is -0.493 e. The summed E-state index contributed by atoms with van der Waals surface area (Å²) in [5.74, 6) is 1.17. The maximum Gasteiger partial charge on any atom is 0.179 e. The molecule has 5 heteroatoms. The molecule has 4 nitrogen and oxygen atoms in total. The highest BCUT2D eigenvalue weighted by Crippen LogP contribution is 2.49. The number of methoxy groups -OCH3 is 1. The molecule has 1 aromatic rings. The number of benzene rings is 1. The number of hydrogen-bond donors (Lipinski definition) is 1. The van der Waals surface area contributed by atoms with Gasteiger partial charge < -0.3 is 15.2 Å². The van der Waals surface area contributed by atoms with Crippen molar-refractivity contribution in [3.63, 3.8) is 0 Å². The summed E-state index contributed by atoms with van der Waals surface area (Å²) in [6, 6.07) is 5.98. The summed E-state index contributed by atoms with van der Waals surface area (Å²) in [6.45, 7) is 1.07. The van der Waals surface area contributed by atoms with E-state index in [1.54, 1.807) is 7.11 Å². The van der Waals surface area contributed by atoms with E-state index in [0.717, 1.165) is 24.8 Å². The number of rotatable bonds is 7. The van der Waals surface area contributed by atoms with Crippen molar-refractivity contribution in [2.75, 3.05) is 20.3 Å². The Bertz CT molecular complexity index is 521. The minimum atomic E-state index is 0.0129. The van der Waals surface area contributed by atoms with Gasteiger partial charge in [0.05, 0.1) is 24.8 Å². The Kier molecular flexibility index (Phi) is 4.74. The van der Waals surface area contributed by atoms with Crippen molar-refractivity contribution in [2.45, 2.75) is 25.7 Å². The van der Waals surface area contributed by atoms with Crippen LogP contribution in [0.2, 0.25) is 5.02 Å². The summed E-state index contributed by atoms with van der Waals surface area (Å²) in [5, 5.41) is 9.35. The molecule has 0 amide bonds. The molecule has 1 saturated carbocycles. The first-order valence-corrected chi connectivity index (χ1v) is 7.08. The van der Waals surface area contributed by atoms with E-state index in [0.29, 0.717) is 36.1 Å². The van der Waals surface area contributed by atoms with Gasteiger partial charge in [0.2, 0.25) is 0 Å². The summed E-state index contributed by atoms with van der Waals surface area (Å²) in [7, 11) is 1.59. The molecule has 2 rings (SSSR count). The maximum absolute atomic E-state index is 8.82. The van der Waals surface area contributed by atoms with Gasteiger partial charge in [-0.25, -0.2) is 0 Å². The number of nitrogens with zero attached hydrogens (tertiary/aromatic N) is 1. The second kappa shape index (κ2) is 6.34. The van der Waals surface area contributed by atoms with E-state index in [2.05, 4.69) is 6.07 Å². The van der Waals surface area contributed by atoms with Gasteiger partial charge in [0.1, 0.15) is 0 Å². The average Bonchev–Trinajstić information content (AvgIpc) is 3.18. The second-order valence-corrected chi connectivity index (χ2v) is 5.68. The van der Waals surface area contributed by atoms with E-state index in [-0.39, 0.29) is 5.41 Å². The Morgan fingerprint density at radius 3 is 2.75 bits per heavy atom. The summed E-state index contributed by atoms with van der Waals surface area (Å²) in [4.78, 5) is 0. The Morgan fingerprint density at radius 1 is 1.45 bits per heavy atom. The average molecular weight is 295 g/mol. The van der Waals surface area contributed by atoms with Crippen LogP contribution in [0.25, 0.3) is 0 Å². The standard InChI is InChI=1S/C15H19ClN2O2/c1-19-13-9-11(2-6-17)8-12(16)14(13)20-10-15(3-4-15)5-7-18/h8-9H,2-6,10,17H2,1H3. The smallest absolute Gasteiger partial charge is 0.179 e. The summed E-state index contributed by atoms with van der Waals surface area (Å²) < 4.78 is 11.2. The van der Waals surface area contributed by atoms with Crippen LogP contribution in [-0.4, -0.2) is 20.3 Å². The van der Waals surface area contributed by atoms with Crippen molar-refractivity contribution < 1.29 is 9.47 Å². The van der Waals surface area contributed by atoms with Gasteiger partial charge in [-0.3, -0.25) is 0 Å². The maximum atomic E-state index is 8.82. The molecule has 0 bridgehead atoms. The second-order valence-electron chi connectivity index (χ2n) is 5.27. The van der Waals surface area contributed by atoms with E-state index in [1.807, 2.05) is 12.1 Å². The van der Waals surface area contributed by atoms with Crippen molar-refractivity contribution in [1.82, 2.24) is 0 Å². The predicted octanol–water partition coefficient (Wildman–Crippen LogP) is 2.92. The molecule has 0 atom stereocenters. The van der Waals surface area contributed by atoms with Crippen LogP contribution in [0.5, 0.6) is 11.5 Å². The van der Waals surface area contributed by atoms with Gasteiger partial charge in [-0.1, -0.05) is 11.6 Å². The van der Waals surface area contributed by atoms with Gasteiger partial charge in [0, 0.05) is 11.8 Å². The van der Waals surface area contributed by atoms with Crippen LogP contribution in [0.3, 0.4) is 0 Å². The summed E-state index contributed by atoms with van der Waals surface area (Å²) in [6.07, 6.45) is 3.34. The number of hydrogen-bond acceptors (Lipinski definition) is 4. The number of halogens is 1. The van der Waals surface area contributed by atoms with Crippen molar-refractivity contribution in [3.8, 4) is 17.6 Å². The molecule has 0 aromatic heterocycles. The molecular formula is C15H19ClN2O2. The third-order valence-electron chi connectivity index (χ3n) is 3.66. The van der Waals surface area contributed by atoms with Crippen LogP contribution in [0.1, 0.15) is 24.8 Å². The predicted molar refractivity (Wildman–Crippen MR) is 78.2 cm³/mol. The Morgan fingerprint density at radius 2 is 2.20 bits per heavy atom.